The maximum Gasteiger partial charge on any atom is 0.251 e. The molecule has 0 aromatic heterocycles. The number of hydrogen-bond donors (Lipinski definition) is 1. The Morgan fingerprint density at radius 1 is 1.50 bits per heavy atom. The molecule has 1 rings (SSSR count). The molecule has 100 valence electrons. The van der Waals surface area contributed by atoms with Crippen molar-refractivity contribution in [1.82, 2.24) is 5.32 Å². The summed E-state index contributed by atoms with van der Waals surface area (Å²) < 4.78 is 4.92. The molecule has 0 fully saturated rings. The van der Waals surface area contributed by atoms with E-state index < -0.39 is 0 Å². The number of rotatable bonds is 6. The van der Waals surface area contributed by atoms with Gasteiger partial charge in [0.05, 0.1) is 12.0 Å². The molecule has 0 aliphatic carbocycles. The van der Waals surface area contributed by atoms with Crippen LogP contribution in [0.4, 0.5) is 0 Å². The molecule has 3 nitrogen and oxygen atoms in total. The van der Waals surface area contributed by atoms with E-state index in [0.29, 0.717) is 30.2 Å². The molecular weight excluding hydrogens is 273 g/mol. The summed E-state index contributed by atoms with van der Waals surface area (Å²) in [7, 11) is 1.60. The molecule has 0 spiro atoms. The Labute approximate surface area is 117 Å². The standard InChI is InChI=1S/C13H17Cl2NO2/c1-9-11(4-3-5-12(9)15)13(17)16-7-6-10(14)8-18-2/h3-5,10H,6-8H2,1-2H3,(H,16,17). The lowest BCUT2D eigenvalue weighted by Crippen LogP contribution is -2.27. The molecule has 0 aliphatic heterocycles. The summed E-state index contributed by atoms with van der Waals surface area (Å²) >= 11 is 11.9. The quantitative estimate of drug-likeness (QED) is 0.818. The van der Waals surface area contributed by atoms with Crippen LogP contribution in [0.1, 0.15) is 22.3 Å². The van der Waals surface area contributed by atoms with Crippen LogP contribution in [0, 0.1) is 6.92 Å². The Morgan fingerprint density at radius 3 is 2.89 bits per heavy atom. The summed E-state index contributed by atoms with van der Waals surface area (Å²) in [4.78, 5) is 11.9. The molecule has 1 unspecified atom stereocenters. The Morgan fingerprint density at radius 2 is 2.22 bits per heavy atom. The maximum absolute atomic E-state index is 11.9. The van der Waals surface area contributed by atoms with Crippen molar-refractivity contribution >= 4 is 29.1 Å². The van der Waals surface area contributed by atoms with E-state index in [0.717, 1.165) is 5.56 Å². The Balaban J connectivity index is 2.48. The number of alkyl halides is 1. The third-order valence-electron chi connectivity index (χ3n) is 2.60. The summed E-state index contributed by atoms with van der Waals surface area (Å²) in [5.41, 5.74) is 1.39. The number of carbonyl (C=O) groups is 1. The SMILES string of the molecule is COCC(Cl)CCNC(=O)c1cccc(Cl)c1C. The zero-order valence-electron chi connectivity index (χ0n) is 10.5. The fraction of sp³-hybridized carbons (Fsp3) is 0.462. The minimum Gasteiger partial charge on any atom is -0.383 e. The first kappa shape index (κ1) is 15.3. The lowest BCUT2D eigenvalue weighted by atomic mass is 10.1. The van der Waals surface area contributed by atoms with Gasteiger partial charge in [0.15, 0.2) is 0 Å². The summed E-state index contributed by atoms with van der Waals surface area (Å²) in [5.74, 6) is -0.128. The van der Waals surface area contributed by atoms with Gasteiger partial charge in [0.25, 0.3) is 5.91 Å². The highest BCUT2D eigenvalue weighted by molar-refractivity contribution is 6.31. The van der Waals surface area contributed by atoms with Gasteiger partial charge in [-0.2, -0.15) is 0 Å². The van der Waals surface area contributed by atoms with E-state index in [2.05, 4.69) is 5.32 Å². The van der Waals surface area contributed by atoms with Crippen molar-refractivity contribution in [3.05, 3.63) is 34.3 Å². The number of nitrogens with one attached hydrogen (secondary N) is 1. The highest BCUT2D eigenvalue weighted by atomic mass is 35.5. The average Bonchev–Trinajstić information content (AvgIpc) is 2.33. The van der Waals surface area contributed by atoms with Crippen molar-refractivity contribution in [1.29, 1.82) is 0 Å². The first-order valence-electron chi connectivity index (χ1n) is 5.72. The van der Waals surface area contributed by atoms with Gasteiger partial charge in [-0.1, -0.05) is 17.7 Å². The smallest absolute Gasteiger partial charge is 0.251 e. The molecule has 0 saturated heterocycles. The van der Waals surface area contributed by atoms with E-state index in [1.165, 1.54) is 0 Å². The molecule has 1 amide bonds. The maximum atomic E-state index is 11.9. The Kier molecular flexibility index (Phi) is 6.47. The van der Waals surface area contributed by atoms with Crippen molar-refractivity contribution < 1.29 is 9.53 Å². The molecule has 0 heterocycles. The van der Waals surface area contributed by atoms with Crippen LogP contribution >= 0.6 is 23.2 Å². The number of halogens is 2. The molecule has 1 aromatic rings. The second-order valence-electron chi connectivity index (χ2n) is 4.01. The van der Waals surface area contributed by atoms with Gasteiger partial charge in [-0.15, -0.1) is 11.6 Å². The van der Waals surface area contributed by atoms with Crippen molar-refractivity contribution in [3.8, 4) is 0 Å². The van der Waals surface area contributed by atoms with Crippen molar-refractivity contribution in [2.75, 3.05) is 20.3 Å². The van der Waals surface area contributed by atoms with Crippen molar-refractivity contribution in [2.45, 2.75) is 18.7 Å². The largest absolute Gasteiger partial charge is 0.383 e. The number of methoxy groups -OCH3 is 1. The molecule has 1 aromatic carbocycles. The average molecular weight is 290 g/mol. The van der Waals surface area contributed by atoms with Gasteiger partial charge < -0.3 is 10.1 Å². The predicted molar refractivity (Wildman–Crippen MR) is 74.7 cm³/mol. The predicted octanol–water partition coefficient (Wildman–Crippen LogP) is 3.02. The zero-order valence-corrected chi connectivity index (χ0v) is 12.0. The minimum absolute atomic E-state index is 0.0873. The number of carbonyl (C=O) groups excluding carboxylic acids is 1. The lowest BCUT2D eigenvalue weighted by molar-refractivity contribution is 0.0951. The highest BCUT2D eigenvalue weighted by Gasteiger charge is 2.11. The molecule has 1 N–H and O–H groups in total. The first-order chi connectivity index (χ1) is 8.56. The highest BCUT2D eigenvalue weighted by Crippen LogP contribution is 2.18. The van der Waals surface area contributed by atoms with Gasteiger partial charge in [-0.3, -0.25) is 4.79 Å². The van der Waals surface area contributed by atoms with E-state index in [4.69, 9.17) is 27.9 Å². The number of amides is 1. The Hall–Kier alpha value is -0.770. The van der Waals surface area contributed by atoms with E-state index in [-0.39, 0.29) is 11.3 Å². The van der Waals surface area contributed by atoms with E-state index in [1.54, 1.807) is 25.3 Å². The third-order valence-corrected chi connectivity index (χ3v) is 3.36. The van der Waals surface area contributed by atoms with Gasteiger partial charge in [0.2, 0.25) is 0 Å². The topological polar surface area (TPSA) is 38.3 Å². The number of hydrogen-bond acceptors (Lipinski definition) is 2. The van der Waals surface area contributed by atoms with Crippen LogP contribution in [0.5, 0.6) is 0 Å². The Bertz CT molecular complexity index is 410. The molecule has 0 bridgehead atoms. The van der Waals surface area contributed by atoms with Crippen LogP contribution in [-0.4, -0.2) is 31.5 Å². The van der Waals surface area contributed by atoms with Crippen LogP contribution in [0.25, 0.3) is 0 Å². The summed E-state index contributed by atoms with van der Waals surface area (Å²) in [6.45, 7) is 2.82. The fourth-order valence-electron chi connectivity index (χ4n) is 1.56. The van der Waals surface area contributed by atoms with Crippen LogP contribution in [0.3, 0.4) is 0 Å². The molecule has 18 heavy (non-hydrogen) atoms. The third kappa shape index (κ3) is 4.48. The molecule has 5 heteroatoms. The van der Waals surface area contributed by atoms with Gasteiger partial charge in [-0.05, 0) is 31.0 Å². The molecule has 0 aliphatic rings. The van der Waals surface area contributed by atoms with Crippen molar-refractivity contribution in [3.63, 3.8) is 0 Å². The van der Waals surface area contributed by atoms with Gasteiger partial charge in [0, 0.05) is 24.2 Å². The van der Waals surface area contributed by atoms with Crippen molar-refractivity contribution in [2.24, 2.45) is 0 Å². The lowest BCUT2D eigenvalue weighted by Gasteiger charge is -2.11. The van der Waals surface area contributed by atoms with Crippen LogP contribution < -0.4 is 5.32 Å². The van der Waals surface area contributed by atoms with Crippen LogP contribution in [-0.2, 0) is 4.74 Å². The molecule has 1 atom stereocenters. The number of ether oxygens (including phenoxy) is 1. The van der Waals surface area contributed by atoms with Gasteiger partial charge >= 0.3 is 0 Å². The second-order valence-corrected chi connectivity index (χ2v) is 5.03. The van der Waals surface area contributed by atoms with Crippen LogP contribution in [0.15, 0.2) is 18.2 Å². The fourth-order valence-corrected chi connectivity index (χ4v) is 1.96. The molecule has 0 radical (unpaired) electrons. The summed E-state index contributed by atoms with van der Waals surface area (Å²) in [6, 6.07) is 5.28. The summed E-state index contributed by atoms with van der Waals surface area (Å²) in [6.07, 6.45) is 0.667. The van der Waals surface area contributed by atoms with E-state index in [1.807, 2.05) is 6.92 Å². The molecule has 0 saturated carbocycles. The molecular formula is C13H17Cl2NO2. The first-order valence-corrected chi connectivity index (χ1v) is 6.54. The second kappa shape index (κ2) is 7.62. The zero-order chi connectivity index (χ0) is 13.5. The normalized spacial score (nSPS) is 12.2. The van der Waals surface area contributed by atoms with Gasteiger partial charge in [-0.25, -0.2) is 0 Å². The van der Waals surface area contributed by atoms with Gasteiger partial charge in [0.1, 0.15) is 0 Å². The van der Waals surface area contributed by atoms with E-state index >= 15 is 0 Å². The number of benzene rings is 1. The van der Waals surface area contributed by atoms with E-state index in [9.17, 15) is 4.79 Å². The minimum atomic E-state index is -0.128. The monoisotopic (exact) mass is 289 g/mol. The van der Waals surface area contributed by atoms with Crippen LogP contribution in [0.2, 0.25) is 5.02 Å². The summed E-state index contributed by atoms with van der Waals surface area (Å²) in [5, 5.41) is 3.33.